The molecule has 1 atom stereocenters. The van der Waals surface area contributed by atoms with Crippen LogP contribution in [0.4, 0.5) is 0 Å². The molecule has 92 valence electrons. The number of unbranched alkanes of at least 4 members (excludes halogenated alkanes) is 4. The van der Waals surface area contributed by atoms with Gasteiger partial charge in [-0.1, -0.05) is 12.8 Å². The molecule has 1 unspecified atom stereocenters. The Kier molecular flexibility index (Phi) is 9.56. The van der Waals surface area contributed by atoms with Crippen LogP contribution in [0.15, 0.2) is 0 Å². The minimum Gasteiger partial charge on any atom is -0.481 e. The monoisotopic (exact) mass is 228 g/mol. The molecular weight excluding hydrogens is 208 g/mol. The highest BCUT2D eigenvalue weighted by molar-refractivity contribution is 5.69. The predicted molar refractivity (Wildman–Crippen MR) is 60.2 cm³/mol. The number of carboxylic acid groups (broad SMARTS) is 1. The Morgan fingerprint density at radius 3 is 2.06 bits per heavy atom. The van der Waals surface area contributed by atoms with Gasteiger partial charge in [-0.05, 0) is 25.7 Å². The number of rotatable bonds is 11. The molecule has 0 aromatic rings. The van der Waals surface area contributed by atoms with Crippen LogP contribution in [0, 0.1) is 5.92 Å². The molecule has 0 aliphatic carbocycles. The molecule has 0 spiro atoms. The summed E-state index contributed by atoms with van der Waals surface area (Å²) in [5, 5.41) is 8.93. The Labute approximate surface area is 96.0 Å². The fourth-order valence-corrected chi connectivity index (χ4v) is 1.63. The Balaban J connectivity index is 3.63. The van der Waals surface area contributed by atoms with Gasteiger partial charge in [0.2, 0.25) is 0 Å². The van der Waals surface area contributed by atoms with Crippen LogP contribution in [-0.2, 0) is 14.4 Å². The highest BCUT2D eigenvalue weighted by atomic mass is 16.4. The minimum atomic E-state index is -0.777. The van der Waals surface area contributed by atoms with Crippen molar-refractivity contribution in [3.05, 3.63) is 0 Å². The maximum absolute atomic E-state index is 10.9. The number of aliphatic carboxylic acids is 1. The summed E-state index contributed by atoms with van der Waals surface area (Å²) in [5.41, 5.74) is 0. The van der Waals surface area contributed by atoms with E-state index in [0.29, 0.717) is 32.1 Å². The van der Waals surface area contributed by atoms with E-state index in [-0.39, 0.29) is 5.92 Å². The summed E-state index contributed by atoms with van der Waals surface area (Å²) in [6.07, 6.45) is 7.15. The lowest BCUT2D eigenvalue weighted by molar-refractivity contribution is -0.142. The van der Waals surface area contributed by atoms with Gasteiger partial charge < -0.3 is 14.7 Å². The highest BCUT2D eigenvalue weighted by Crippen LogP contribution is 2.17. The number of hydrogen-bond donors (Lipinski definition) is 1. The van der Waals surface area contributed by atoms with Crippen molar-refractivity contribution >= 4 is 18.5 Å². The van der Waals surface area contributed by atoms with E-state index < -0.39 is 5.97 Å². The maximum Gasteiger partial charge on any atom is 0.306 e. The van der Waals surface area contributed by atoms with Gasteiger partial charge in [-0.25, -0.2) is 0 Å². The number of aldehydes is 2. The molecule has 0 rings (SSSR count). The van der Waals surface area contributed by atoms with Crippen molar-refractivity contribution in [2.45, 2.75) is 51.4 Å². The van der Waals surface area contributed by atoms with Crippen LogP contribution in [0.5, 0.6) is 0 Å². The van der Waals surface area contributed by atoms with Crippen molar-refractivity contribution in [2.24, 2.45) is 5.92 Å². The predicted octanol–water partition coefficient (Wildman–Crippen LogP) is 2.21. The fourth-order valence-electron chi connectivity index (χ4n) is 1.63. The second-order valence-electron chi connectivity index (χ2n) is 3.94. The van der Waals surface area contributed by atoms with Crippen LogP contribution in [-0.4, -0.2) is 23.6 Å². The van der Waals surface area contributed by atoms with Crippen LogP contribution in [0.2, 0.25) is 0 Å². The Morgan fingerprint density at radius 1 is 0.938 bits per heavy atom. The molecule has 0 fully saturated rings. The molecule has 0 heterocycles. The first-order valence-corrected chi connectivity index (χ1v) is 5.82. The lowest BCUT2D eigenvalue weighted by Gasteiger charge is -2.10. The summed E-state index contributed by atoms with van der Waals surface area (Å²) < 4.78 is 0. The fraction of sp³-hybridized carbons (Fsp3) is 0.750. The quantitative estimate of drug-likeness (QED) is 0.434. The average Bonchev–Trinajstić information content (AvgIpc) is 2.26. The lowest BCUT2D eigenvalue weighted by atomic mass is 9.95. The zero-order chi connectivity index (χ0) is 12.2. The van der Waals surface area contributed by atoms with Gasteiger partial charge in [0.15, 0.2) is 0 Å². The molecule has 0 aliphatic heterocycles. The molecule has 0 bridgehead atoms. The summed E-state index contributed by atoms with van der Waals surface area (Å²) in [5.74, 6) is -1.11. The van der Waals surface area contributed by atoms with Crippen LogP contribution in [0.3, 0.4) is 0 Å². The third-order valence-corrected chi connectivity index (χ3v) is 2.60. The molecule has 0 aromatic heterocycles. The third kappa shape index (κ3) is 8.15. The standard InChI is InChI=1S/C12H20O4/c13-9-5-2-1-3-7-11(12(15)16)8-4-6-10-14/h9-11H,1-8H2,(H,15,16). The third-order valence-electron chi connectivity index (χ3n) is 2.60. The molecule has 0 radical (unpaired) electrons. The summed E-state index contributed by atoms with van der Waals surface area (Å²) in [7, 11) is 0. The topological polar surface area (TPSA) is 71.4 Å². The molecule has 0 aromatic carbocycles. The molecular formula is C12H20O4. The SMILES string of the molecule is O=CCCCCCC(CCCC=O)C(=O)O. The van der Waals surface area contributed by atoms with Gasteiger partial charge in [0.25, 0.3) is 0 Å². The molecule has 16 heavy (non-hydrogen) atoms. The summed E-state index contributed by atoms with van der Waals surface area (Å²) in [6, 6.07) is 0. The van der Waals surface area contributed by atoms with E-state index in [0.717, 1.165) is 31.8 Å². The van der Waals surface area contributed by atoms with Crippen LogP contribution < -0.4 is 0 Å². The maximum atomic E-state index is 10.9. The largest absolute Gasteiger partial charge is 0.481 e. The van der Waals surface area contributed by atoms with E-state index in [1.165, 1.54) is 0 Å². The Morgan fingerprint density at radius 2 is 1.50 bits per heavy atom. The van der Waals surface area contributed by atoms with Gasteiger partial charge in [0.05, 0.1) is 5.92 Å². The smallest absolute Gasteiger partial charge is 0.306 e. The zero-order valence-corrected chi connectivity index (χ0v) is 9.56. The number of carbonyl (C=O) groups is 3. The molecule has 1 N–H and O–H groups in total. The second-order valence-corrected chi connectivity index (χ2v) is 3.94. The van der Waals surface area contributed by atoms with Crippen molar-refractivity contribution in [3.63, 3.8) is 0 Å². The average molecular weight is 228 g/mol. The number of hydrogen-bond acceptors (Lipinski definition) is 3. The van der Waals surface area contributed by atoms with Crippen LogP contribution >= 0.6 is 0 Å². The minimum absolute atomic E-state index is 0.337. The van der Waals surface area contributed by atoms with Gasteiger partial charge in [-0.2, -0.15) is 0 Å². The molecule has 4 nitrogen and oxygen atoms in total. The van der Waals surface area contributed by atoms with Gasteiger partial charge >= 0.3 is 5.97 Å². The normalized spacial score (nSPS) is 12.0. The number of carbonyl (C=O) groups excluding carboxylic acids is 2. The van der Waals surface area contributed by atoms with E-state index in [1.54, 1.807) is 0 Å². The molecule has 4 heteroatoms. The first-order valence-electron chi connectivity index (χ1n) is 5.82. The Hall–Kier alpha value is -1.19. The van der Waals surface area contributed by atoms with Crippen molar-refractivity contribution in [2.75, 3.05) is 0 Å². The van der Waals surface area contributed by atoms with E-state index in [9.17, 15) is 14.4 Å². The van der Waals surface area contributed by atoms with Crippen molar-refractivity contribution < 1.29 is 19.5 Å². The van der Waals surface area contributed by atoms with Gasteiger partial charge in [-0.3, -0.25) is 4.79 Å². The highest BCUT2D eigenvalue weighted by Gasteiger charge is 2.15. The van der Waals surface area contributed by atoms with E-state index in [1.807, 2.05) is 0 Å². The first kappa shape index (κ1) is 14.8. The van der Waals surface area contributed by atoms with Gasteiger partial charge in [-0.15, -0.1) is 0 Å². The zero-order valence-electron chi connectivity index (χ0n) is 9.56. The molecule has 0 saturated heterocycles. The van der Waals surface area contributed by atoms with E-state index >= 15 is 0 Å². The van der Waals surface area contributed by atoms with Crippen molar-refractivity contribution in [1.29, 1.82) is 0 Å². The molecule has 0 amide bonds. The summed E-state index contributed by atoms with van der Waals surface area (Å²) in [6.45, 7) is 0. The molecule has 0 saturated carbocycles. The summed E-state index contributed by atoms with van der Waals surface area (Å²) in [4.78, 5) is 31.0. The Bertz CT molecular complexity index is 213. The van der Waals surface area contributed by atoms with Crippen LogP contribution in [0.1, 0.15) is 51.4 Å². The van der Waals surface area contributed by atoms with Gasteiger partial charge in [0.1, 0.15) is 12.6 Å². The lowest BCUT2D eigenvalue weighted by Crippen LogP contribution is -2.13. The molecule has 0 aliphatic rings. The first-order chi connectivity index (χ1) is 7.72. The van der Waals surface area contributed by atoms with Crippen LogP contribution in [0.25, 0.3) is 0 Å². The van der Waals surface area contributed by atoms with Crippen molar-refractivity contribution in [3.8, 4) is 0 Å². The van der Waals surface area contributed by atoms with Crippen molar-refractivity contribution in [1.82, 2.24) is 0 Å². The number of carboxylic acids is 1. The van der Waals surface area contributed by atoms with E-state index in [4.69, 9.17) is 5.11 Å². The van der Waals surface area contributed by atoms with Gasteiger partial charge in [0, 0.05) is 12.8 Å². The summed E-state index contributed by atoms with van der Waals surface area (Å²) >= 11 is 0. The second kappa shape index (κ2) is 10.3. The van der Waals surface area contributed by atoms with E-state index in [2.05, 4.69) is 0 Å².